The summed E-state index contributed by atoms with van der Waals surface area (Å²) in [6, 6.07) is 12.2. The van der Waals surface area contributed by atoms with Gasteiger partial charge in [-0.2, -0.15) is 0 Å². The van der Waals surface area contributed by atoms with Crippen LogP contribution in [0.2, 0.25) is 0 Å². The minimum Gasteiger partial charge on any atom is -0.342 e. The van der Waals surface area contributed by atoms with Gasteiger partial charge < -0.3 is 14.8 Å². The number of anilines is 1. The number of carbonyl (C=O) groups excluding carboxylic acids is 2. The Morgan fingerprint density at radius 3 is 2.32 bits per heavy atom. The van der Waals surface area contributed by atoms with Crippen molar-refractivity contribution in [3.63, 3.8) is 0 Å². The van der Waals surface area contributed by atoms with Gasteiger partial charge in [-0.1, -0.05) is 35.9 Å². The highest BCUT2D eigenvalue weighted by Crippen LogP contribution is 2.30. The summed E-state index contributed by atoms with van der Waals surface area (Å²) in [4.78, 5) is 28.1. The number of carbonyl (C=O) groups is 2. The Morgan fingerprint density at radius 2 is 1.68 bits per heavy atom. The average molecular weight is 438 g/mol. The van der Waals surface area contributed by atoms with E-state index in [-0.39, 0.29) is 11.8 Å². The molecule has 5 nitrogen and oxygen atoms in total. The molecule has 31 heavy (non-hydrogen) atoms. The van der Waals surface area contributed by atoms with Gasteiger partial charge in [-0.15, -0.1) is 11.8 Å². The molecule has 0 fully saturated rings. The molecule has 0 aliphatic heterocycles. The normalized spacial score (nSPS) is 11.0. The van der Waals surface area contributed by atoms with E-state index in [4.69, 9.17) is 0 Å². The first-order valence-corrected chi connectivity index (χ1v) is 11.7. The van der Waals surface area contributed by atoms with Gasteiger partial charge in [0.05, 0.1) is 5.75 Å². The molecule has 0 aliphatic carbocycles. The zero-order chi connectivity index (χ0) is 22.5. The molecule has 0 bridgehead atoms. The number of aromatic nitrogens is 1. The van der Waals surface area contributed by atoms with Crippen molar-refractivity contribution < 1.29 is 9.59 Å². The summed E-state index contributed by atoms with van der Waals surface area (Å²) < 4.78 is 1.99. The Labute approximate surface area is 188 Å². The molecule has 0 saturated heterocycles. The second kappa shape index (κ2) is 10.1. The molecule has 3 rings (SSSR count). The lowest BCUT2D eigenvalue weighted by Crippen LogP contribution is -2.33. The van der Waals surface area contributed by atoms with Crippen LogP contribution in [-0.4, -0.2) is 40.1 Å². The molecule has 0 radical (unpaired) electrons. The van der Waals surface area contributed by atoms with Gasteiger partial charge in [0.1, 0.15) is 6.54 Å². The average Bonchev–Trinajstić information content (AvgIpc) is 3.07. The fraction of sp³-hybridized carbons (Fsp3) is 0.360. The number of rotatable bonds is 8. The van der Waals surface area contributed by atoms with Crippen molar-refractivity contribution in [3.05, 3.63) is 59.3 Å². The van der Waals surface area contributed by atoms with Crippen LogP contribution in [0.15, 0.2) is 47.5 Å². The molecule has 0 aliphatic rings. The highest BCUT2D eigenvalue weighted by molar-refractivity contribution is 8.00. The predicted octanol–water partition coefficient (Wildman–Crippen LogP) is 5.17. The Balaban J connectivity index is 1.75. The van der Waals surface area contributed by atoms with Gasteiger partial charge >= 0.3 is 0 Å². The van der Waals surface area contributed by atoms with E-state index >= 15 is 0 Å². The first-order valence-electron chi connectivity index (χ1n) is 10.7. The summed E-state index contributed by atoms with van der Waals surface area (Å²) in [5.41, 5.74) is 5.23. The summed E-state index contributed by atoms with van der Waals surface area (Å²) in [5, 5.41) is 4.13. The zero-order valence-electron chi connectivity index (χ0n) is 19.0. The highest BCUT2D eigenvalue weighted by Gasteiger charge is 2.16. The van der Waals surface area contributed by atoms with Crippen LogP contribution in [-0.2, 0) is 16.1 Å². The number of thioether (sulfide) groups is 1. The Kier molecular flexibility index (Phi) is 7.44. The first-order chi connectivity index (χ1) is 14.8. The molecule has 164 valence electrons. The van der Waals surface area contributed by atoms with Gasteiger partial charge in [0.15, 0.2) is 0 Å². The van der Waals surface area contributed by atoms with E-state index in [2.05, 4.69) is 24.4 Å². The van der Waals surface area contributed by atoms with E-state index in [1.165, 1.54) is 17.3 Å². The van der Waals surface area contributed by atoms with E-state index in [9.17, 15) is 9.59 Å². The number of nitrogens with one attached hydrogen (secondary N) is 1. The van der Waals surface area contributed by atoms with Crippen LogP contribution in [0.4, 0.5) is 5.69 Å². The Bertz CT molecular complexity index is 1080. The SMILES string of the molecule is CCN(CC)C(=O)Cn1cc(SCC(=O)Nc2c(C)cc(C)cc2C)c2ccccc21. The van der Waals surface area contributed by atoms with Crippen molar-refractivity contribution in [3.8, 4) is 0 Å². The van der Waals surface area contributed by atoms with Crippen LogP contribution in [0.3, 0.4) is 0 Å². The van der Waals surface area contributed by atoms with Crippen LogP contribution in [0, 0.1) is 20.8 Å². The number of aryl methyl sites for hydroxylation is 3. The molecular formula is C25H31N3O2S. The van der Waals surface area contributed by atoms with Crippen LogP contribution in [0.5, 0.6) is 0 Å². The number of hydrogen-bond acceptors (Lipinski definition) is 3. The van der Waals surface area contributed by atoms with E-state index in [0.29, 0.717) is 25.4 Å². The van der Waals surface area contributed by atoms with Crippen molar-refractivity contribution in [1.82, 2.24) is 9.47 Å². The molecule has 3 aromatic rings. The van der Waals surface area contributed by atoms with Crippen molar-refractivity contribution in [2.75, 3.05) is 24.2 Å². The maximum atomic E-state index is 12.7. The van der Waals surface area contributed by atoms with Gasteiger partial charge in [-0.25, -0.2) is 0 Å². The summed E-state index contributed by atoms with van der Waals surface area (Å²) in [6.45, 7) is 11.8. The van der Waals surface area contributed by atoms with E-state index in [1.54, 1.807) is 0 Å². The lowest BCUT2D eigenvalue weighted by atomic mass is 10.1. The first kappa shape index (κ1) is 22.9. The van der Waals surface area contributed by atoms with Crippen LogP contribution >= 0.6 is 11.8 Å². The largest absolute Gasteiger partial charge is 0.342 e. The Hall–Kier alpha value is -2.73. The van der Waals surface area contributed by atoms with Crippen molar-refractivity contribution in [1.29, 1.82) is 0 Å². The van der Waals surface area contributed by atoms with E-state index < -0.39 is 0 Å². The van der Waals surface area contributed by atoms with Crippen LogP contribution < -0.4 is 5.32 Å². The number of para-hydroxylation sites is 1. The third kappa shape index (κ3) is 5.31. The molecular weight excluding hydrogens is 406 g/mol. The molecule has 1 heterocycles. The minimum absolute atomic E-state index is 0.0314. The van der Waals surface area contributed by atoms with E-state index in [1.807, 2.05) is 67.6 Å². The topological polar surface area (TPSA) is 54.3 Å². The molecule has 0 unspecified atom stereocenters. The second-order valence-electron chi connectivity index (χ2n) is 7.81. The number of benzene rings is 2. The number of nitrogens with zero attached hydrogens (tertiary/aromatic N) is 2. The molecule has 0 spiro atoms. The number of likely N-dealkylation sites (N-methyl/N-ethyl adjacent to an activating group) is 1. The molecule has 2 aromatic carbocycles. The van der Waals surface area contributed by atoms with Gasteiger partial charge in [-0.05, 0) is 51.8 Å². The second-order valence-corrected chi connectivity index (χ2v) is 8.83. The fourth-order valence-electron chi connectivity index (χ4n) is 3.98. The standard InChI is InChI=1S/C25H31N3O2S/c1-6-27(7-2)24(30)15-28-14-22(20-10-8-9-11-21(20)28)31-16-23(29)26-25-18(4)12-17(3)13-19(25)5/h8-14H,6-7,15-16H2,1-5H3,(H,26,29). The van der Waals surface area contributed by atoms with Gasteiger partial charge in [-0.3, -0.25) is 9.59 Å². The number of fused-ring (bicyclic) bond motifs is 1. The molecule has 2 amide bonds. The fourth-order valence-corrected chi connectivity index (χ4v) is 4.87. The number of hydrogen-bond donors (Lipinski definition) is 1. The van der Waals surface area contributed by atoms with E-state index in [0.717, 1.165) is 32.6 Å². The zero-order valence-corrected chi connectivity index (χ0v) is 19.8. The maximum Gasteiger partial charge on any atom is 0.242 e. The third-order valence-electron chi connectivity index (χ3n) is 5.47. The molecule has 1 aromatic heterocycles. The highest BCUT2D eigenvalue weighted by atomic mass is 32.2. The Morgan fingerprint density at radius 1 is 1.03 bits per heavy atom. The van der Waals surface area contributed by atoms with Gasteiger partial charge in [0.2, 0.25) is 11.8 Å². The molecule has 0 atom stereocenters. The predicted molar refractivity (Wildman–Crippen MR) is 130 cm³/mol. The lowest BCUT2D eigenvalue weighted by Gasteiger charge is -2.19. The summed E-state index contributed by atoms with van der Waals surface area (Å²) in [6.07, 6.45) is 1.99. The van der Waals surface area contributed by atoms with Gasteiger partial charge in [0, 0.05) is 40.8 Å². The van der Waals surface area contributed by atoms with Crippen molar-refractivity contribution >= 4 is 40.2 Å². The summed E-state index contributed by atoms with van der Waals surface area (Å²) in [5.74, 6) is 0.381. The summed E-state index contributed by atoms with van der Waals surface area (Å²) in [7, 11) is 0. The van der Waals surface area contributed by atoms with Crippen LogP contribution in [0.1, 0.15) is 30.5 Å². The molecule has 0 saturated carbocycles. The van der Waals surface area contributed by atoms with Crippen molar-refractivity contribution in [2.24, 2.45) is 0 Å². The number of amides is 2. The minimum atomic E-state index is -0.0314. The third-order valence-corrected chi connectivity index (χ3v) is 6.52. The lowest BCUT2D eigenvalue weighted by molar-refractivity contribution is -0.131. The van der Waals surface area contributed by atoms with Gasteiger partial charge in [0.25, 0.3) is 0 Å². The monoisotopic (exact) mass is 437 g/mol. The smallest absolute Gasteiger partial charge is 0.242 e. The summed E-state index contributed by atoms with van der Waals surface area (Å²) >= 11 is 1.50. The maximum absolute atomic E-state index is 12.7. The quantitative estimate of drug-likeness (QED) is 0.495. The molecule has 1 N–H and O–H groups in total. The molecule has 6 heteroatoms. The van der Waals surface area contributed by atoms with Crippen molar-refractivity contribution in [2.45, 2.75) is 46.1 Å². The van der Waals surface area contributed by atoms with Crippen LogP contribution in [0.25, 0.3) is 10.9 Å².